The second-order valence-electron chi connectivity index (χ2n) is 5.02. The van der Waals surface area contributed by atoms with E-state index in [1.807, 2.05) is 0 Å². The minimum atomic E-state index is -0.165. The summed E-state index contributed by atoms with van der Waals surface area (Å²) in [6.45, 7) is 4.69. The minimum Gasteiger partial charge on any atom is -0.396 e. The second-order valence-corrected chi connectivity index (χ2v) is 5.02. The lowest BCUT2D eigenvalue weighted by Gasteiger charge is -2.61. The Balaban J connectivity index is 2.16. The molecule has 70 valence electrons. The fourth-order valence-electron chi connectivity index (χ4n) is 3.29. The van der Waals surface area contributed by atoms with Crippen LogP contribution in [0.4, 0.5) is 0 Å². The molecule has 3 fully saturated rings. The normalized spacial score (nSPS) is 50.0. The Kier molecular flexibility index (Phi) is 1.74. The average molecular weight is 170 g/mol. The van der Waals surface area contributed by atoms with Crippen LogP contribution in [-0.2, 0) is 0 Å². The molecule has 3 aliphatic carbocycles. The molecule has 0 heterocycles. The van der Waals surface area contributed by atoms with Gasteiger partial charge >= 0.3 is 0 Å². The summed E-state index contributed by atoms with van der Waals surface area (Å²) >= 11 is 0. The van der Waals surface area contributed by atoms with Gasteiger partial charge in [-0.25, -0.2) is 0 Å². The molecule has 2 nitrogen and oxygen atoms in total. The van der Waals surface area contributed by atoms with E-state index in [-0.39, 0.29) is 18.1 Å². The fourth-order valence-corrected chi connectivity index (χ4v) is 3.29. The highest BCUT2D eigenvalue weighted by Crippen LogP contribution is 2.61. The molecule has 0 saturated heterocycles. The Hall–Kier alpha value is -0.0800. The molecule has 2 N–H and O–H groups in total. The van der Waals surface area contributed by atoms with Crippen LogP contribution >= 0.6 is 0 Å². The highest BCUT2D eigenvalue weighted by atomic mass is 16.3. The first-order valence-electron chi connectivity index (χ1n) is 4.86. The van der Waals surface area contributed by atoms with Crippen LogP contribution in [-0.4, -0.2) is 22.9 Å². The predicted molar refractivity (Wildman–Crippen MR) is 46.6 cm³/mol. The largest absolute Gasteiger partial charge is 0.396 e. The van der Waals surface area contributed by atoms with Crippen molar-refractivity contribution in [2.24, 2.45) is 23.2 Å². The van der Waals surface area contributed by atoms with Gasteiger partial charge in [0.05, 0.1) is 6.10 Å². The molecule has 3 rings (SSSR count). The molecule has 0 aromatic heterocycles. The van der Waals surface area contributed by atoms with Gasteiger partial charge in [0.15, 0.2) is 0 Å². The Morgan fingerprint density at radius 3 is 2.33 bits per heavy atom. The molecule has 4 atom stereocenters. The van der Waals surface area contributed by atoms with Crippen molar-refractivity contribution >= 4 is 0 Å². The van der Waals surface area contributed by atoms with E-state index in [9.17, 15) is 5.11 Å². The van der Waals surface area contributed by atoms with E-state index in [1.54, 1.807) is 0 Å². The van der Waals surface area contributed by atoms with E-state index in [0.717, 1.165) is 12.8 Å². The van der Waals surface area contributed by atoms with Crippen LogP contribution < -0.4 is 0 Å². The lowest BCUT2D eigenvalue weighted by molar-refractivity contribution is -0.178. The Labute approximate surface area is 73.6 Å². The highest BCUT2D eigenvalue weighted by molar-refractivity contribution is 5.06. The molecule has 2 heteroatoms. The summed E-state index contributed by atoms with van der Waals surface area (Å²) in [6.07, 6.45) is 1.77. The molecule has 0 aromatic carbocycles. The molecule has 0 unspecified atom stereocenters. The maximum absolute atomic E-state index is 9.74. The van der Waals surface area contributed by atoms with Crippen LogP contribution in [0.5, 0.6) is 0 Å². The average Bonchev–Trinajstić information content (AvgIpc) is 2.02. The summed E-state index contributed by atoms with van der Waals surface area (Å²) in [4.78, 5) is 0. The van der Waals surface area contributed by atoms with E-state index in [0.29, 0.717) is 17.8 Å². The summed E-state index contributed by atoms with van der Waals surface area (Å²) in [5.41, 5.74) is 0.269. The predicted octanol–water partition coefficient (Wildman–Crippen LogP) is 1.02. The van der Waals surface area contributed by atoms with Gasteiger partial charge in [-0.05, 0) is 36.0 Å². The number of aliphatic hydroxyl groups excluding tert-OH is 2. The maximum atomic E-state index is 9.74. The first-order chi connectivity index (χ1) is 5.57. The quantitative estimate of drug-likeness (QED) is 0.617. The Bertz CT molecular complexity index is 188. The smallest absolute Gasteiger partial charge is 0.0577 e. The van der Waals surface area contributed by atoms with Gasteiger partial charge < -0.3 is 10.2 Å². The molecule has 12 heavy (non-hydrogen) atoms. The number of fused-ring (bicyclic) bond motifs is 2. The lowest BCUT2D eigenvalue weighted by atomic mass is 9.45. The van der Waals surface area contributed by atoms with Gasteiger partial charge in [-0.3, -0.25) is 0 Å². The number of rotatable bonds is 1. The third-order valence-electron chi connectivity index (χ3n) is 4.23. The van der Waals surface area contributed by atoms with Crippen LogP contribution in [0.25, 0.3) is 0 Å². The number of aliphatic hydroxyl groups is 2. The third-order valence-corrected chi connectivity index (χ3v) is 4.23. The molecule has 3 saturated carbocycles. The second kappa shape index (κ2) is 2.46. The van der Waals surface area contributed by atoms with Crippen LogP contribution in [0, 0.1) is 23.2 Å². The van der Waals surface area contributed by atoms with E-state index in [4.69, 9.17) is 5.11 Å². The van der Waals surface area contributed by atoms with Crippen molar-refractivity contribution in [3.05, 3.63) is 0 Å². The summed E-state index contributed by atoms with van der Waals surface area (Å²) in [5, 5.41) is 18.9. The van der Waals surface area contributed by atoms with E-state index in [2.05, 4.69) is 13.8 Å². The Morgan fingerprint density at radius 2 is 1.92 bits per heavy atom. The van der Waals surface area contributed by atoms with E-state index >= 15 is 0 Å². The number of hydrogen-bond donors (Lipinski definition) is 2. The standard InChI is InChI=1S/C10H18O2/c1-10(2)7-4-8(10)9(12)3-6(7)5-11/h6-9,11-12H,3-5H2,1-2H3/t6-,7-,8+,9-/m1/s1. The molecule has 0 aromatic rings. The van der Waals surface area contributed by atoms with Crippen molar-refractivity contribution in [2.75, 3.05) is 6.61 Å². The summed E-state index contributed by atoms with van der Waals surface area (Å²) in [6, 6.07) is 0. The first-order valence-corrected chi connectivity index (χ1v) is 4.86. The highest BCUT2D eigenvalue weighted by Gasteiger charge is 2.57. The van der Waals surface area contributed by atoms with Crippen molar-refractivity contribution < 1.29 is 10.2 Å². The van der Waals surface area contributed by atoms with Gasteiger partial charge in [0.2, 0.25) is 0 Å². The molecule has 0 spiro atoms. The molecule has 2 bridgehead atoms. The molecule has 0 radical (unpaired) electrons. The van der Waals surface area contributed by atoms with Crippen molar-refractivity contribution in [2.45, 2.75) is 32.8 Å². The zero-order chi connectivity index (χ0) is 8.93. The maximum Gasteiger partial charge on any atom is 0.0577 e. The van der Waals surface area contributed by atoms with Crippen LogP contribution in [0.3, 0.4) is 0 Å². The van der Waals surface area contributed by atoms with Gasteiger partial charge in [-0.2, -0.15) is 0 Å². The summed E-state index contributed by atoms with van der Waals surface area (Å²) in [5.74, 6) is 1.49. The van der Waals surface area contributed by atoms with Gasteiger partial charge in [0.25, 0.3) is 0 Å². The van der Waals surface area contributed by atoms with Crippen LogP contribution in [0.2, 0.25) is 0 Å². The fraction of sp³-hybridized carbons (Fsp3) is 1.00. The molecule has 0 aliphatic heterocycles. The number of hydrogen-bond acceptors (Lipinski definition) is 2. The van der Waals surface area contributed by atoms with Gasteiger partial charge in [0.1, 0.15) is 0 Å². The van der Waals surface area contributed by atoms with Crippen LogP contribution in [0.15, 0.2) is 0 Å². The monoisotopic (exact) mass is 170 g/mol. The van der Waals surface area contributed by atoms with E-state index < -0.39 is 0 Å². The van der Waals surface area contributed by atoms with Crippen molar-refractivity contribution in [1.29, 1.82) is 0 Å². The first kappa shape index (κ1) is 8.52. The van der Waals surface area contributed by atoms with E-state index in [1.165, 1.54) is 0 Å². The molecular weight excluding hydrogens is 152 g/mol. The van der Waals surface area contributed by atoms with Crippen LogP contribution in [0.1, 0.15) is 26.7 Å². The Morgan fingerprint density at radius 1 is 1.25 bits per heavy atom. The van der Waals surface area contributed by atoms with Gasteiger partial charge in [-0.1, -0.05) is 13.8 Å². The topological polar surface area (TPSA) is 40.5 Å². The zero-order valence-corrected chi connectivity index (χ0v) is 7.83. The van der Waals surface area contributed by atoms with Crippen molar-refractivity contribution in [1.82, 2.24) is 0 Å². The lowest BCUT2D eigenvalue weighted by Crippen LogP contribution is -2.59. The third kappa shape index (κ3) is 0.882. The SMILES string of the molecule is CC1(C)[C@@H]2C[C@H]1[C@H](O)C[C@@H]2CO. The molecular formula is C10H18O2. The summed E-state index contributed by atoms with van der Waals surface area (Å²) in [7, 11) is 0. The minimum absolute atomic E-state index is 0.165. The molecule has 3 aliphatic rings. The van der Waals surface area contributed by atoms with Gasteiger partial charge in [0, 0.05) is 6.61 Å². The zero-order valence-electron chi connectivity index (χ0n) is 7.83. The molecule has 0 amide bonds. The van der Waals surface area contributed by atoms with Crippen molar-refractivity contribution in [3.63, 3.8) is 0 Å². The van der Waals surface area contributed by atoms with Crippen molar-refractivity contribution in [3.8, 4) is 0 Å². The van der Waals surface area contributed by atoms with Gasteiger partial charge in [-0.15, -0.1) is 0 Å². The summed E-state index contributed by atoms with van der Waals surface area (Å²) < 4.78 is 0.